The quantitative estimate of drug-likeness (QED) is 0.280. The largest absolute Gasteiger partial charge is 0.462 e. The fourth-order valence-corrected chi connectivity index (χ4v) is 4.31. The van der Waals surface area contributed by atoms with Gasteiger partial charge in [0.1, 0.15) is 0 Å². The summed E-state index contributed by atoms with van der Waals surface area (Å²) in [5.41, 5.74) is 3.90. The van der Waals surface area contributed by atoms with E-state index < -0.39 is 5.41 Å². The second-order valence-corrected chi connectivity index (χ2v) is 10.3. The second kappa shape index (κ2) is 11.5. The van der Waals surface area contributed by atoms with Crippen LogP contribution >= 0.6 is 0 Å². The molecule has 2 aromatic carbocycles. The molecule has 3 rings (SSSR count). The van der Waals surface area contributed by atoms with Gasteiger partial charge in [0.25, 0.3) is 0 Å². The summed E-state index contributed by atoms with van der Waals surface area (Å²) in [5, 5.41) is 0. The van der Waals surface area contributed by atoms with Crippen molar-refractivity contribution in [1.82, 2.24) is 0 Å². The number of anilines is 1. The highest BCUT2D eigenvalue weighted by Gasteiger charge is 2.28. The van der Waals surface area contributed by atoms with Gasteiger partial charge in [-0.2, -0.15) is 0 Å². The second-order valence-electron chi connectivity index (χ2n) is 10.3. The van der Waals surface area contributed by atoms with Crippen LogP contribution in [0.1, 0.15) is 81.8 Å². The fourth-order valence-electron chi connectivity index (χ4n) is 4.31. The molecule has 0 saturated carbocycles. The average molecular weight is 462 g/mol. The summed E-state index contributed by atoms with van der Waals surface area (Å²) in [6, 6.07) is 15.6. The molecule has 4 nitrogen and oxygen atoms in total. The van der Waals surface area contributed by atoms with Crippen LogP contribution in [0.25, 0.3) is 5.57 Å². The molecule has 34 heavy (non-hydrogen) atoms. The van der Waals surface area contributed by atoms with Gasteiger partial charge in [-0.15, -0.1) is 0 Å². The van der Waals surface area contributed by atoms with Crippen LogP contribution in [0.4, 0.5) is 5.69 Å². The number of carbonyl (C=O) groups excluding carboxylic acids is 2. The summed E-state index contributed by atoms with van der Waals surface area (Å²) >= 11 is 0. The molecule has 182 valence electrons. The number of nitrogens with zero attached hydrogens (tertiary/aromatic N) is 1. The maximum Gasteiger partial charge on any atom is 0.338 e. The molecular weight excluding hydrogens is 422 g/mol. The SMILES string of the molecule is CCCCC(CC)COC(=O)c1ccc2c(c1)CCN2C=C(C(=O)C(C)(C)C)c1ccccc1. The highest BCUT2D eigenvalue weighted by Crippen LogP contribution is 2.33. The maximum absolute atomic E-state index is 13.3. The number of ketones is 1. The van der Waals surface area contributed by atoms with Gasteiger partial charge in [-0.25, -0.2) is 4.79 Å². The molecule has 4 heteroatoms. The Morgan fingerprint density at radius 2 is 1.79 bits per heavy atom. The number of carbonyl (C=O) groups is 2. The number of hydrogen-bond acceptors (Lipinski definition) is 4. The minimum absolute atomic E-state index is 0.112. The Bertz CT molecular complexity index is 1020. The van der Waals surface area contributed by atoms with Crippen LogP contribution in [-0.2, 0) is 16.0 Å². The van der Waals surface area contributed by atoms with E-state index in [1.807, 2.05) is 75.5 Å². The van der Waals surface area contributed by atoms with Crippen molar-refractivity contribution in [3.05, 3.63) is 71.4 Å². The average Bonchev–Trinajstić information content (AvgIpc) is 3.24. The Labute approximate surface area is 205 Å². The molecule has 1 heterocycles. The molecule has 1 atom stereocenters. The maximum atomic E-state index is 13.3. The van der Waals surface area contributed by atoms with Gasteiger partial charge >= 0.3 is 5.97 Å². The molecule has 2 aromatic rings. The molecule has 0 radical (unpaired) electrons. The van der Waals surface area contributed by atoms with Crippen molar-refractivity contribution in [2.24, 2.45) is 11.3 Å². The number of esters is 1. The van der Waals surface area contributed by atoms with Crippen molar-refractivity contribution in [1.29, 1.82) is 0 Å². The smallest absolute Gasteiger partial charge is 0.338 e. The third kappa shape index (κ3) is 6.37. The standard InChI is InChI=1S/C30H39NO3/c1-6-8-12-22(7-2)21-34-29(33)25-15-16-27-24(19-25)17-18-31(27)20-26(28(32)30(3,4)5)23-13-10-9-11-14-23/h9-11,13-16,19-20,22H,6-8,12,17-18,21H2,1-5H3. The van der Waals surface area contributed by atoms with Crippen molar-refractivity contribution >= 4 is 23.0 Å². The van der Waals surface area contributed by atoms with Gasteiger partial charge in [0.05, 0.1) is 12.2 Å². The van der Waals surface area contributed by atoms with E-state index in [-0.39, 0.29) is 11.8 Å². The number of rotatable bonds is 10. The van der Waals surface area contributed by atoms with E-state index in [1.54, 1.807) is 0 Å². The zero-order chi connectivity index (χ0) is 24.7. The highest BCUT2D eigenvalue weighted by atomic mass is 16.5. The predicted molar refractivity (Wildman–Crippen MR) is 140 cm³/mol. The monoisotopic (exact) mass is 461 g/mol. The zero-order valence-corrected chi connectivity index (χ0v) is 21.4. The van der Waals surface area contributed by atoms with E-state index in [0.717, 1.165) is 49.0 Å². The topological polar surface area (TPSA) is 46.6 Å². The molecule has 1 unspecified atom stereocenters. The van der Waals surface area contributed by atoms with E-state index >= 15 is 0 Å². The minimum Gasteiger partial charge on any atom is -0.462 e. The number of fused-ring (bicyclic) bond motifs is 1. The van der Waals surface area contributed by atoms with Crippen molar-refractivity contribution < 1.29 is 14.3 Å². The summed E-state index contributed by atoms with van der Waals surface area (Å²) in [7, 11) is 0. The number of hydrogen-bond donors (Lipinski definition) is 0. The van der Waals surface area contributed by atoms with Gasteiger partial charge in [-0.05, 0) is 48.1 Å². The van der Waals surface area contributed by atoms with Crippen LogP contribution in [-0.4, -0.2) is 24.9 Å². The predicted octanol–water partition coefficient (Wildman–Crippen LogP) is 7.08. The van der Waals surface area contributed by atoms with Crippen LogP contribution in [0.3, 0.4) is 0 Å². The van der Waals surface area contributed by atoms with E-state index in [4.69, 9.17) is 4.74 Å². The fraction of sp³-hybridized carbons (Fsp3) is 0.467. The van der Waals surface area contributed by atoms with E-state index in [1.165, 1.54) is 6.42 Å². The van der Waals surface area contributed by atoms with E-state index in [2.05, 4.69) is 18.7 Å². The summed E-state index contributed by atoms with van der Waals surface area (Å²) in [6.45, 7) is 11.4. The number of benzene rings is 2. The lowest BCUT2D eigenvalue weighted by Gasteiger charge is -2.22. The molecule has 0 N–H and O–H groups in total. The molecule has 0 spiro atoms. The Kier molecular flexibility index (Phi) is 8.71. The van der Waals surface area contributed by atoms with Crippen LogP contribution in [0, 0.1) is 11.3 Å². The van der Waals surface area contributed by atoms with Crippen molar-refractivity contribution in [2.45, 2.75) is 66.7 Å². The lowest BCUT2D eigenvalue weighted by atomic mass is 9.84. The first-order valence-electron chi connectivity index (χ1n) is 12.6. The molecule has 0 fully saturated rings. The number of Topliss-reactive ketones (excluding diaryl/α,β-unsaturated/α-hetero) is 1. The van der Waals surface area contributed by atoms with Gasteiger partial charge in [0.2, 0.25) is 0 Å². The van der Waals surface area contributed by atoms with Crippen LogP contribution in [0.5, 0.6) is 0 Å². The van der Waals surface area contributed by atoms with Crippen molar-refractivity contribution in [3.63, 3.8) is 0 Å². The van der Waals surface area contributed by atoms with Gasteiger partial charge in [0, 0.05) is 29.4 Å². The lowest BCUT2D eigenvalue weighted by Crippen LogP contribution is -2.24. The first kappa shape index (κ1) is 25.7. The summed E-state index contributed by atoms with van der Waals surface area (Å²) in [5.74, 6) is 0.288. The van der Waals surface area contributed by atoms with Crippen LogP contribution < -0.4 is 4.90 Å². The Morgan fingerprint density at radius 3 is 2.44 bits per heavy atom. The number of allylic oxidation sites excluding steroid dienone is 1. The molecule has 0 saturated heterocycles. The summed E-state index contributed by atoms with van der Waals surface area (Å²) < 4.78 is 5.65. The summed E-state index contributed by atoms with van der Waals surface area (Å²) in [6.07, 6.45) is 7.26. The normalized spacial score (nSPS) is 14.6. The van der Waals surface area contributed by atoms with Gasteiger partial charge in [-0.3, -0.25) is 4.79 Å². The lowest BCUT2D eigenvalue weighted by molar-refractivity contribution is -0.120. The molecule has 0 aromatic heterocycles. The molecule has 0 aliphatic carbocycles. The first-order chi connectivity index (χ1) is 16.2. The molecule has 0 bridgehead atoms. The van der Waals surface area contributed by atoms with Gasteiger partial charge in [0.15, 0.2) is 5.78 Å². The third-order valence-corrected chi connectivity index (χ3v) is 6.54. The Balaban J connectivity index is 1.79. The molecule has 1 aliphatic rings. The third-order valence-electron chi connectivity index (χ3n) is 6.54. The molecule has 0 amide bonds. The minimum atomic E-state index is -0.481. The summed E-state index contributed by atoms with van der Waals surface area (Å²) in [4.78, 5) is 28.1. The van der Waals surface area contributed by atoms with E-state index in [0.29, 0.717) is 23.7 Å². The van der Waals surface area contributed by atoms with Crippen LogP contribution in [0.15, 0.2) is 54.7 Å². The molecule has 1 aliphatic heterocycles. The van der Waals surface area contributed by atoms with E-state index in [9.17, 15) is 9.59 Å². The Hall–Kier alpha value is -2.88. The number of unbranched alkanes of at least 4 members (excludes halogenated alkanes) is 1. The van der Waals surface area contributed by atoms with Crippen molar-refractivity contribution in [2.75, 3.05) is 18.1 Å². The molecular formula is C30H39NO3. The van der Waals surface area contributed by atoms with Gasteiger partial charge in [-0.1, -0.05) is 84.2 Å². The zero-order valence-electron chi connectivity index (χ0n) is 21.4. The van der Waals surface area contributed by atoms with Crippen LogP contribution in [0.2, 0.25) is 0 Å². The number of ether oxygens (including phenoxy) is 1. The van der Waals surface area contributed by atoms with Gasteiger partial charge < -0.3 is 9.64 Å². The first-order valence-corrected chi connectivity index (χ1v) is 12.6. The Morgan fingerprint density at radius 1 is 1.06 bits per heavy atom. The van der Waals surface area contributed by atoms with Crippen molar-refractivity contribution in [3.8, 4) is 0 Å². The highest BCUT2D eigenvalue weighted by molar-refractivity contribution is 6.23.